The highest BCUT2D eigenvalue weighted by atomic mass is 16.5. The number of nitrogens with one attached hydrogen (secondary N) is 2. The van der Waals surface area contributed by atoms with Crippen molar-refractivity contribution >= 4 is 11.8 Å². The molecule has 150 valence electrons. The van der Waals surface area contributed by atoms with Crippen molar-refractivity contribution in [1.82, 2.24) is 10.6 Å². The Balaban J connectivity index is 2.15. The molecule has 2 N–H and O–H groups in total. The Kier molecular flexibility index (Phi) is 7.11. The van der Waals surface area contributed by atoms with E-state index in [1.54, 1.807) is 7.11 Å². The summed E-state index contributed by atoms with van der Waals surface area (Å²) in [7, 11) is 1.60. The van der Waals surface area contributed by atoms with Crippen molar-refractivity contribution in [3.63, 3.8) is 0 Å². The fraction of sp³-hybridized carbons (Fsp3) is 0.619. The van der Waals surface area contributed by atoms with Crippen molar-refractivity contribution < 1.29 is 19.1 Å². The Labute approximate surface area is 162 Å². The number of carbonyl (C=O) groups is 2. The highest BCUT2D eigenvalue weighted by molar-refractivity contribution is 5.91. The SMILES string of the molecule is COc1cc(C(C)NC(=O)C2(NC(C)=O)CCCCC2)ccc1OC(C)C. The molecule has 1 fully saturated rings. The van der Waals surface area contributed by atoms with E-state index in [0.29, 0.717) is 24.3 Å². The van der Waals surface area contributed by atoms with E-state index in [1.807, 2.05) is 39.0 Å². The molecule has 0 saturated heterocycles. The fourth-order valence-electron chi connectivity index (χ4n) is 3.62. The van der Waals surface area contributed by atoms with E-state index < -0.39 is 5.54 Å². The van der Waals surface area contributed by atoms with Gasteiger partial charge < -0.3 is 20.1 Å². The molecule has 2 rings (SSSR count). The third kappa shape index (κ3) is 5.37. The summed E-state index contributed by atoms with van der Waals surface area (Å²) < 4.78 is 11.2. The second-order valence-electron chi connectivity index (χ2n) is 7.60. The van der Waals surface area contributed by atoms with Gasteiger partial charge in [0.25, 0.3) is 0 Å². The Morgan fingerprint density at radius 2 is 1.74 bits per heavy atom. The normalized spacial score (nSPS) is 17.1. The van der Waals surface area contributed by atoms with Gasteiger partial charge in [-0.1, -0.05) is 25.3 Å². The molecule has 1 unspecified atom stereocenters. The van der Waals surface area contributed by atoms with Crippen LogP contribution in [0.2, 0.25) is 0 Å². The zero-order chi connectivity index (χ0) is 20.0. The van der Waals surface area contributed by atoms with Crippen LogP contribution in [0.1, 0.15) is 71.4 Å². The average molecular weight is 376 g/mol. The number of rotatable bonds is 7. The van der Waals surface area contributed by atoms with E-state index in [4.69, 9.17) is 9.47 Å². The highest BCUT2D eigenvalue weighted by Gasteiger charge is 2.40. The van der Waals surface area contributed by atoms with Gasteiger partial charge in [-0.2, -0.15) is 0 Å². The molecule has 1 aliphatic carbocycles. The van der Waals surface area contributed by atoms with Crippen molar-refractivity contribution in [3.05, 3.63) is 23.8 Å². The molecular formula is C21H32N2O4. The van der Waals surface area contributed by atoms with Crippen LogP contribution in [0, 0.1) is 0 Å². The molecule has 2 amide bonds. The van der Waals surface area contributed by atoms with Gasteiger partial charge in [-0.05, 0) is 51.3 Å². The molecule has 27 heavy (non-hydrogen) atoms. The monoisotopic (exact) mass is 376 g/mol. The number of benzene rings is 1. The van der Waals surface area contributed by atoms with E-state index >= 15 is 0 Å². The molecule has 1 atom stereocenters. The van der Waals surface area contributed by atoms with Crippen LogP contribution in [-0.2, 0) is 9.59 Å². The van der Waals surface area contributed by atoms with E-state index in [1.165, 1.54) is 6.92 Å². The molecule has 6 heteroatoms. The van der Waals surface area contributed by atoms with Crippen LogP contribution in [0.3, 0.4) is 0 Å². The van der Waals surface area contributed by atoms with E-state index in [-0.39, 0.29) is 24.0 Å². The minimum absolute atomic E-state index is 0.0469. The lowest BCUT2D eigenvalue weighted by Crippen LogP contribution is -2.59. The lowest BCUT2D eigenvalue weighted by atomic mass is 9.80. The van der Waals surface area contributed by atoms with Gasteiger partial charge in [-0.15, -0.1) is 0 Å². The number of ether oxygens (including phenoxy) is 2. The van der Waals surface area contributed by atoms with Crippen molar-refractivity contribution in [2.45, 2.75) is 77.5 Å². The Bertz CT molecular complexity index is 666. The van der Waals surface area contributed by atoms with Crippen LogP contribution in [0.15, 0.2) is 18.2 Å². The zero-order valence-corrected chi connectivity index (χ0v) is 17.1. The highest BCUT2D eigenvalue weighted by Crippen LogP contribution is 2.32. The third-order valence-corrected chi connectivity index (χ3v) is 4.96. The maximum atomic E-state index is 13.0. The summed E-state index contributed by atoms with van der Waals surface area (Å²) in [5, 5.41) is 5.98. The van der Waals surface area contributed by atoms with E-state index in [2.05, 4.69) is 10.6 Å². The first kappa shape index (κ1) is 21.1. The largest absolute Gasteiger partial charge is 0.493 e. The summed E-state index contributed by atoms with van der Waals surface area (Å²) in [6.07, 6.45) is 4.38. The minimum atomic E-state index is -0.802. The molecule has 6 nitrogen and oxygen atoms in total. The number of methoxy groups -OCH3 is 1. The van der Waals surface area contributed by atoms with Gasteiger partial charge in [0.05, 0.1) is 19.3 Å². The standard InChI is InChI=1S/C21H32N2O4/c1-14(2)27-18-10-9-17(13-19(18)26-5)15(3)22-20(25)21(23-16(4)24)11-7-6-8-12-21/h9-10,13-15H,6-8,11-12H2,1-5H3,(H,22,25)(H,23,24). The average Bonchev–Trinajstić information content (AvgIpc) is 2.61. The van der Waals surface area contributed by atoms with Crippen molar-refractivity contribution in [2.24, 2.45) is 0 Å². The Morgan fingerprint density at radius 3 is 2.30 bits per heavy atom. The molecule has 1 aromatic rings. The lowest BCUT2D eigenvalue weighted by molar-refractivity contribution is -0.134. The maximum absolute atomic E-state index is 13.0. The van der Waals surface area contributed by atoms with Gasteiger partial charge in [0, 0.05) is 6.92 Å². The summed E-state index contributed by atoms with van der Waals surface area (Å²) in [5.41, 5.74) is 0.119. The number of hydrogen-bond acceptors (Lipinski definition) is 4. The molecule has 0 bridgehead atoms. The molecule has 0 spiro atoms. The topological polar surface area (TPSA) is 76.7 Å². The molecule has 0 radical (unpaired) electrons. The van der Waals surface area contributed by atoms with Crippen LogP contribution in [0.5, 0.6) is 11.5 Å². The van der Waals surface area contributed by atoms with Crippen LogP contribution in [-0.4, -0.2) is 30.6 Å². The van der Waals surface area contributed by atoms with Gasteiger partial charge in [0.1, 0.15) is 5.54 Å². The minimum Gasteiger partial charge on any atom is -0.493 e. The van der Waals surface area contributed by atoms with Crippen LogP contribution in [0.25, 0.3) is 0 Å². The Hall–Kier alpha value is -2.24. The smallest absolute Gasteiger partial charge is 0.246 e. The number of hydrogen-bond donors (Lipinski definition) is 2. The summed E-state index contributed by atoms with van der Waals surface area (Å²) in [5.74, 6) is 1.02. The predicted octanol–water partition coefficient (Wildman–Crippen LogP) is 3.50. The number of amides is 2. The first-order chi connectivity index (χ1) is 12.8. The first-order valence-electron chi connectivity index (χ1n) is 9.71. The second kappa shape index (κ2) is 9.11. The van der Waals surface area contributed by atoms with E-state index in [9.17, 15) is 9.59 Å². The molecule has 0 aromatic heterocycles. The number of carbonyl (C=O) groups excluding carboxylic acids is 2. The summed E-state index contributed by atoms with van der Waals surface area (Å²) >= 11 is 0. The molecule has 0 heterocycles. The van der Waals surface area contributed by atoms with E-state index in [0.717, 1.165) is 24.8 Å². The zero-order valence-electron chi connectivity index (χ0n) is 17.1. The third-order valence-electron chi connectivity index (χ3n) is 4.96. The fourth-order valence-corrected chi connectivity index (χ4v) is 3.62. The van der Waals surface area contributed by atoms with Gasteiger partial charge in [-0.3, -0.25) is 9.59 Å². The molecule has 1 aliphatic rings. The van der Waals surface area contributed by atoms with Crippen LogP contribution in [0.4, 0.5) is 0 Å². The van der Waals surface area contributed by atoms with Crippen LogP contribution >= 0.6 is 0 Å². The summed E-state index contributed by atoms with van der Waals surface area (Å²) in [6.45, 7) is 7.31. The van der Waals surface area contributed by atoms with Crippen molar-refractivity contribution in [1.29, 1.82) is 0 Å². The van der Waals surface area contributed by atoms with Crippen LogP contribution < -0.4 is 20.1 Å². The molecule has 0 aliphatic heterocycles. The molecule has 1 aromatic carbocycles. The van der Waals surface area contributed by atoms with Gasteiger partial charge >= 0.3 is 0 Å². The summed E-state index contributed by atoms with van der Waals surface area (Å²) in [4.78, 5) is 24.7. The quantitative estimate of drug-likeness (QED) is 0.764. The maximum Gasteiger partial charge on any atom is 0.246 e. The molecule has 1 saturated carbocycles. The van der Waals surface area contributed by atoms with Gasteiger partial charge in [0.15, 0.2) is 11.5 Å². The van der Waals surface area contributed by atoms with Gasteiger partial charge in [0.2, 0.25) is 11.8 Å². The Morgan fingerprint density at radius 1 is 1.07 bits per heavy atom. The van der Waals surface area contributed by atoms with Gasteiger partial charge in [-0.25, -0.2) is 0 Å². The predicted molar refractivity (Wildman–Crippen MR) is 105 cm³/mol. The first-order valence-corrected chi connectivity index (χ1v) is 9.71. The summed E-state index contributed by atoms with van der Waals surface area (Å²) in [6, 6.07) is 5.46. The molecular weight excluding hydrogens is 344 g/mol. The lowest BCUT2D eigenvalue weighted by Gasteiger charge is -2.37. The van der Waals surface area contributed by atoms with Crippen molar-refractivity contribution in [2.75, 3.05) is 7.11 Å². The van der Waals surface area contributed by atoms with Crippen molar-refractivity contribution in [3.8, 4) is 11.5 Å². The second-order valence-corrected chi connectivity index (χ2v) is 7.60.